The van der Waals surface area contributed by atoms with Gasteiger partial charge < -0.3 is 10.4 Å². The molecule has 0 aliphatic carbocycles. The summed E-state index contributed by atoms with van der Waals surface area (Å²) in [6.45, 7) is 0.0951. The number of alkyl halides is 3. The van der Waals surface area contributed by atoms with Crippen molar-refractivity contribution in [2.24, 2.45) is 0 Å². The zero-order valence-corrected chi connectivity index (χ0v) is 17.9. The molecule has 2 heterocycles. The minimum Gasteiger partial charge on any atom is -0.493 e. The number of nitrogens with zero attached hydrogens (tertiary/aromatic N) is 3. The molecule has 0 aliphatic rings. The molecule has 172 valence electrons. The SMILES string of the molecule is CNc1ccc2c(Cn3cc(O)n(-c4ccc(S(=O)(=O)C(F)(F)F)cc4)c3=O)ccnc2c1. The van der Waals surface area contributed by atoms with Crippen LogP contribution in [0.1, 0.15) is 5.56 Å². The molecule has 0 radical (unpaired) electrons. The van der Waals surface area contributed by atoms with Crippen molar-refractivity contribution in [2.75, 3.05) is 12.4 Å². The van der Waals surface area contributed by atoms with Crippen LogP contribution in [0.2, 0.25) is 0 Å². The normalized spacial score (nSPS) is 12.2. The Kier molecular flexibility index (Phi) is 5.40. The van der Waals surface area contributed by atoms with Gasteiger partial charge in [-0.1, -0.05) is 6.07 Å². The first kappa shape index (κ1) is 22.4. The molecular weight excluding hydrogens is 461 g/mol. The van der Waals surface area contributed by atoms with Crippen LogP contribution in [0, 0.1) is 0 Å². The van der Waals surface area contributed by atoms with Crippen molar-refractivity contribution in [3.05, 3.63) is 77.0 Å². The second-order valence-corrected chi connectivity index (χ2v) is 9.07. The lowest BCUT2D eigenvalue weighted by Gasteiger charge is -2.09. The molecule has 33 heavy (non-hydrogen) atoms. The summed E-state index contributed by atoms with van der Waals surface area (Å²) in [7, 11) is -3.74. The molecule has 0 spiro atoms. The van der Waals surface area contributed by atoms with Gasteiger partial charge in [0.2, 0.25) is 5.88 Å². The Labute approximate surface area is 185 Å². The molecule has 4 rings (SSSR count). The Hall–Kier alpha value is -3.80. The first-order chi connectivity index (χ1) is 15.5. The molecule has 0 aliphatic heterocycles. The summed E-state index contributed by atoms with van der Waals surface area (Å²) in [4.78, 5) is 16.3. The van der Waals surface area contributed by atoms with Gasteiger partial charge in [0.15, 0.2) is 0 Å². The lowest BCUT2D eigenvalue weighted by Crippen LogP contribution is -2.24. The Bertz CT molecular complexity index is 1510. The molecule has 2 aromatic heterocycles. The second kappa shape index (κ2) is 7.96. The van der Waals surface area contributed by atoms with E-state index in [4.69, 9.17) is 0 Å². The zero-order chi connectivity index (χ0) is 24.0. The summed E-state index contributed by atoms with van der Waals surface area (Å²) in [6, 6.07) is 10.8. The smallest absolute Gasteiger partial charge is 0.493 e. The van der Waals surface area contributed by atoms with Gasteiger partial charge >= 0.3 is 11.2 Å². The monoisotopic (exact) mass is 478 g/mol. The number of aromatic hydroxyl groups is 1. The number of fused-ring (bicyclic) bond motifs is 1. The average Bonchev–Trinajstić information content (AvgIpc) is 3.05. The summed E-state index contributed by atoms with van der Waals surface area (Å²) in [6.07, 6.45) is 2.79. The standard InChI is InChI=1S/C21H17F3N4O4S/c1-25-14-2-7-17-13(8-9-26-18(17)10-14)11-27-12-19(29)28(20(27)30)15-3-5-16(6-4-15)33(31,32)21(22,23)24/h2-10,12,25,29H,11H2,1H3. The van der Waals surface area contributed by atoms with E-state index < -0.39 is 31.8 Å². The molecule has 0 fully saturated rings. The fraction of sp³-hybridized carbons (Fsp3) is 0.143. The van der Waals surface area contributed by atoms with Gasteiger partial charge in [-0.2, -0.15) is 13.2 Å². The number of benzene rings is 2. The molecule has 0 amide bonds. The van der Waals surface area contributed by atoms with Gasteiger partial charge in [-0.05, 0) is 48.0 Å². The van der Waals surface area contributed by atoms with Crippen LogP contribution < -0.4 is 11.0 Å². The summed E-state index contributed by atoms with van der Waals surface area (Å²) in [5, 5.41) is 14.1. The van der Waals surface area contributed by atoms with Gasteiger partial charge in [-0.15, -0.1) is 0 Å². The average molecular weight is 478 g/mol. The number of anilines is 1. The van der Waals surface area contributed by atoms with E-state index in [0.717, 1.165) is 45.5 Å². The van der Waals surface area contributed by atoms with Gasteiger partial charge in [-0.3, -0.25) is 9.55 Å². The van der Waals surface area contributed by atoms with E-state index in [1.165, 1.54) is 10.8 Å². The van der Waals surface area contributed by atoms with Gasteiger partial charge in [0.1, 0.15) is 0 Å². The topological polar surface area (TPSA) is 106 Å². The fourth-order valence-corrected chi connectivity index (χ4v) is 4.19. The first-order valence-electron chi connectivity index (χ1n) is 9.51. The number of rotatable bonds is 5. The first-order valence-corrected chi connectivity index (χ1v) is 11.0. The summed E-state index contributed by atoms with van der Waals surface area (Å²) in [5.74, 6) is -0.456. The predicted octanol–water partition coefficient (Wildman–Crippen LogP) is 3.28. The molecule has 0 atom stereocenters. The van der Waals surface area contributed by atoms with E-state index in [-0.39, 0.29) is 12.2 Å². The summed E-state index contributed by atoms with van der Waals surface area (Å²) >= 11 is 0. The highest BCUT2D eigenvalue weighted by Gasteiger charge is 2.46. The number of halogens is 3. The van der Waals surface area contributed by atoms with Crippen LogP contribution in [-0.4, -0.2) is 40.2 Å². The van der Waals surface area contributed by atoms with Crippen molar-refractivity contribution in [3.63, 3.8) is 0 Å². The Morgan fingerprint density at radius 2 is 1.79 bits per heavy atom. The van der Waals surface area contributed by atoms with Crippen molar-refractivity contribution in [3.8, 4) is 11.6 Å². The molecule has 0 unspecified atom stereocenters. The van der Waals surface area contributed by atoms with Crippen molar-refractivity contribution in [2.45, 2.75) is 16.9 Å². The van der Waals surface area contributed by atoms with Crippen LogP contribution in [-0.2, 0) is 16.4 Å². The number of hydrogen-bond donors (Lipinski definition) is 2. The maximum Gasteiger partial charge on any atom is 0.501 e. The fourth-order valence-electron chi connectivity index (χ4n) is 3.43. The summed E-state index contributed by atoms with van der Waals surface area (Å²) < 4.78 is 63.4. The third kappa shape index (κ3) is 3.93. The van der Waals surface area contributed by atoms with E-state index >= 15 is 0 Å². The van der Waals surface area contributed by atoms with Crippen LogP contribution >= 0.6 is 0 Å². The summed E-state index contributed by atoms with van der Waals surface area (Å²) in [5.41, 5.74) is -3.76. The third-order valence-corrected chi connectivity index (χ3v) is 6.61. The van der Waals surface area contributed by atoms with E-state index in [1.54, 1.807) is 19.3 Å². The predicted molar refractivity (Wildman–Crippen MR) is 115 cm³/mol. The highest BCUT2D eigenvalue weighted by atomic mass is 32.2. The van der Waals surface area contributed by atoms with Gasteiger partial charge in [0, 0.05) is 24.3 Å². The lowest BCUT2D eigenvalue weighted by atomic mass is 10.1. The van der Waals surface area contributed by atoms with Crippen molar-refractivity contribution in [1.29, 1.82) is 0 Å². The van der Waals surface area contributed by atoms with Crippen LogP contribution in [0.5, 0.6) is 5.88 Å². The molecule has 0 bridgehead atoms. The lowest BCUT2D eigenvalue weighted by molar-refractivity contribution is -0.0436. The van der Waals surface area contributed by atoms with Gasteiger partial charge in [0.25, 0.3) is 9.84 Å². The molecule has 2 N–H and O–H groups in total. The van der Waals surface area contributed by atoms with Crippen molar-refractivity contribution < 1.29 is 26.7 Å². The second-order valence-electron chi connectivity index (χ2n) is 7.13. The Morgan fingerprint density at radius 3 is 2.42 bits per heavy atom. The maximum atomic E-state index is 12.9. The van der Waals surface area contributed by atoms with Crippen LogP contribution in [0.4, 0.5) is 18.9 Å². The number of imidazole rings is 1. The van der Waals surface area contributed by atoms with Gasteiger partial charge in [0.05, 0.1) is 28.8 Å². The zero-order valence-electron chi connectivity index (χ0n) is 17.0. The largest absolute Gasteiger partial charge is 0.501 e. The van der Waals surface area contributed by atoms with E-state index in [0.29, 0.717) is 5.52 Å². The number of pyridine rings is 1. The Balaban J connectivity index is 1.70. The van der Waals surface area contributed by atoms with Crippen molar-refractivity contribution >= 4 is 26.4 Å². The Morgan fingerprint density at radius 1 is 1.09 bits per heavy atom. The molecule has 0 saturated carbocycles. The molecule has 4 aromatic rings. The highest BCUT2D eigenvalue weighted by molar-refractivity contribution is 7.92. The van der Waals surface area contributed by atoms with Gasteiger partial charge in [-0.25, -0.2) is 17.8 Å². The minimum atomic E-state index is -5.52. The van der Waals surface area contributed by atoms with Crippen LogP contribution in [0.15, 0.2) is 70.6 Å². The number of nitrogens with one attached hydrogen (secondary N) is 1. The molecule has 8 nitrogen and oxygen atoms in total. The maximum absolute atomic E-state index is 12.9. The molecule has 12 heteroatoms. The number of sulfone groups is 1. The van der Waals surface area contributed by atoms with Crippen LogP contribution in [0.3, 0.4) is 0 Å². The van der Waals surface area contributed by atoms with Crippen LogP contribution in [0.25, 0.3) is 16.6 Å². The molecule has 2 aromatic carbocycles. The number of hydrogen-bond acceptors (Lipinski definition) is 6. The van der Waals surface area contributed by atoms with E-state index in [9.17, 15) is 31.5 Å². The molecule has 0 saturated heterocycles. The number of aromatic nitrogens is 3. The molecular formula is C21H17F3N4O4S. The highest BCUT2D eigenvalue weighted by Crippen LogP contribution is 2.31. The third-order valence-electron chi connectivity index (χ3n) is 5.11. The quantitative estimate of drug-likeness (QED) is 0.456. The minimum absolute atomic E-state index is 0.00984. The van der Waals surface area contributed by atoms with E-state index in [1.807, 2.05) is 18.2 Å². The van der Waals surface area contributed by atoms with E-state index in [2.05, 4.69) is 10.3 Å². The van der Waals surface area contributed by atoms with Crippen molar-refractivity contribution in [1.82, 2.24) is 14.1 Å².